The lowest BCUT2D eigenvalue weighted by Crippen LogP contribution is -2.47. The summed E-state index contributed by atoms with van der Waals surface area (Å²) in [6.07, 6.45) is 5.36. The minimum absolute atomic E-state index is 0.865. The van der Waals surface area contributed by atoms with Crippen LogP contribution >= 0.6 is 0 Å². The Hall–Kier alpha value is -1.21. The van der Waals surface area contributed by atoms with E-state index in [9.17, 15) is 0 Å². The van der Waals surface area contributed by atoms with Gasteiger partial charge in [0.1, 0.15) is 0 Å². The molecule has 1 aliphatic heterocycles. The molecule has 0 radical (unpaired) electrons. The molecule has 0 aromatic carbocycles. The monoisotopic (exact) mass is 238 g/mol. The highest BCUT2D eigenvalue weighted by Gasteiger charge is 2.30. The van der Waals surface area contributed by atoms with Gasteiger partial charge in [-0.25, -0.2) is 0 Å². The number of nitrogens with zero attached hydrogens (tertiary/aromatic N) is 4. The Labute approximate surface area is 104 Å². The van der Waals surface area contributed by atoms with Crippen LogP contribution in [-0.2, 0) is 4.74 Å². The Morgan fingerprint density at radius 1 is 1.35 bits per heavy atom. The molecule has 17 heavy (non-hydrogen) atoms. The second kappa shape index (κ2) is 9.98. The van der Waals surface area contributed by atoms with Crippen molar-refractivity contribution in [2.45, 2.75) is 33.1 Å². The summed E-state index contributed by atoms with van der Waals surface area (Å²) in [4.78, 5) is 2.58. The van der Waals surface area contributed by atoms with Crippen molar-refractivity contribution < 1.29 is 9.22 Å². The van der Waals surface area contributed by atoms with Crippen molar-refractivity contribution in [2.24, 2.45) is 4.99 Å². The van der Waals surface area contributed by atoms with Crippen molar-refractivity contribution in [3.05, 3.63) is 5.41 Å². The predicted octanol–water partition coefficient (Wildman–Crippen LogP) is 2.21. The lowest BCUT2D eigenvalue weighted by atomic mass is 10.4. The summed E-state index contributed by atoms with van der Waals surface area (Å²) in [5.41, 5.74) is 0. The molecule has 0 aromatic heterocycles. The van der Waals surface area contributed by atoms with Crippen LogP contribution in [0.2, 0.25) is 0 Å². The standard InChI is InChI=1S/C10H22NO.C2N3/c1-3-7-11(10-12-4-2)8-5-6-9-11;3-1-5-2-4/h3-10H2,1-2H3;/q+1;-1. The molecule has 0 aliphatic carbocycles. The van der Waals surface area contributed by atoms with Gasteiger partial charge >= 0.3 is 0 Å². The number of likely N-dealkylation sites (tertiary alicyclic amines) is 1. The molecule has 1 aliphatic rings. The van der Waals surface area contributed by atoms with Gasteiger partial charge in [0, 0.05) is 19.4 Å². The van der Waals surface area contributed by atoms with Crippen LogP contribution in [0.1, 0.15) is 33.1 Å². The second-order valence-electron chi connectivity index (χ2n) is 4.15. The molecular formula is C12H22N4O. The van der Waals surface area contributed by atoms with Gasteiger partial charge in [0.15, 0.2) is 6.73 Å². The molecule has 1 saturated heterocycles. The van der Waals surface area contributed by atoms with E-state index in [1.54, 1.807) is 0 Å². The molecule has 0 unspecified atom stereocenters. The first kappa shape index (κ1) is 15.8. The summed E-state index contributed by atoms with van der Waals surface area (Å²) < 4.78 is 6.77. The minimum Gasteiger partial charge on any atom is -0.422 e. The minimum atomic E-state index is 0.865. The molecule has 0 N–H and O–H groups in total. The van der Waals surface area contributed by atoms with Crippen LogP contribution in [0.15, 0.2) is 4.99 Å². The van der Waals surface area contributed by atoms with E-state index in [1.807, 2.05) is 0 Å². The third-order valence-corrected chi connectivity index (χ3v) is 2.88. The molecule has 5 heteroatoms. The van der Waals surface area contributed by atoms with Crippen LogP contribution in [0.5, 0.6) is 0 Å². The maximum Gasteiger partial charge on any atom is 0.183 e. The fourth-order valence-corrected chi connectivity index (χ4v) is 2.21. The molecule has 0 atom stereocenters. The zero-order chi connectivity index (χ0) is 13.0. The highest BCUT2D eigenvalue weighted by molar-refractivity contribution is 5.46. The molecule has 1 fully saturated rings. The van der Waals surface area contributed by atoms with E-state index < -0.39 is 0 Å². The maximum absolute atomic E-state index is 7.43. The quantitative estimate of drug-likeness (QED) is 0.418. The van der Waals surface area contributed by atoms with E-state index in [1.165, 1.54) is 55.6 Å². The number of nitriles is 1. The molecule has 0 aromatic rings. The Bertz CT molecular complexity index is 273. The number of hydrogen-bond acceptors (Lipinski definition) is 3. The summed E-state index contributed by atoms with van der Waals surface area (Å²) in [5, 5.41) is 14.9. The van der Waals surface area contributed by atoms with Gasteiger partial charge in [0.2, 0.25) is 0 Å². The van der Waals surface area contributed by atoms with E-state index in [0.717, 1.165) is 13.3 Å². The first-order chi connectivity index (χ1) is 8.24. The van der Waals surface area contributed by atoms with Crippen molar-refractivity contribution in [3.8, 4) is 6.19 Å². The first-order valence-electron chi connectivity index (χ1n) is 6.15. The first-order valence-corrected chi connectivity index (χ1v) is 6.15. The van der Waals surface area contributed by atoms with Crippen LogP contribution in [-0.4, -0.2) is 43.5 Å². The molecule has 1 heterocycles. The SMILES string of the molecule is CCC[N+]1(COCC)CCCC1.N#CN=C=[N-]. The summed E-state index contributed by atoms with van der Waals surface area (Å²) >= 11 is 0. The van der Waals surface area contributed by atoms with Crippen LogP contribution in [0.3, 0.4) is 0 Å². The van der Waals surface area contributed by atoms with E-state index in [4.69, 9.17) is 15.4 Å². The Morgan fingerprint density at radius 3 is 2.35 bits per heavy atom. The van der Waals surface area contributed by atoms with Crippen LogP contribution in [0.25, 0.3) is 5.41 Å². The van der Waals surface area contributed by atoms with Gasteiger partial charge in [-0.2, -0.15) is 5.26 Å². The largest absolute Gasteiger partial charge is 0.422 e. The third kappa shape index (κ3) is 6.85. The highest BCUT2D eigenvalue weighted by Crippen LogP contribution is 2.19. The lowest BCUT2D eigenvalue weighted by molar-refractivity contribution is -0.935. The van der Waals surface area contributed by atoms with Crippen molar-refractivity contribution in [2.75, 3.05) is 33.0 Å². The molecule has 0 spiro atoms. The van der Waals surface area contributed by atoms with Crippen molar-refractivity contribution in [3.63, 3.8) is 0 Å². The van der Waals surface area contributed by atoms with Crippen molar-refractivity contribution in [1.29, 1.82) is 5.26 Å². The Kier molecular flexibility index (Phi) is 9.27. The van der Waals surface area contributed by atoms with Gasteiger partial charge < -0.3 is 19.6 Å². The normalized spacial score (nSPS) is 16.3. The zero-order valence-corrected chi connectivity index (χ0v) is 10.9. The molecule has 0 bridgehead atoms. The molecule has 5 nitrogen and oxygen atoms in total. The van der Waals surface area contributed by atoms with E-state index in [0.29, 0.717) is 0 Å². The molecule has 0 saturated carbocycles. The number of ether oxygens (including phenoxy) is 1. The molecule has 96 valence electrons. The van der Waals surface area contributed by atoms with Gasteiger partial charge in [0.25, 0.3) is 0 Å². The molecule has 1 rings (SSSR count). The number of aliphatic imine (C=N–C) groups is 1. The summed E-state index contributed by atoms with van der Waals surface area (Å²) in [6.45, 7) is 10.2. The Balaban J connectivity index is 0.000000437. The average molecular weight is 238 g/mol. The molecule has 0 amide bonds. The smallest absolute Gasteiger partial charge is 0.183 e. The number of rotatable bonds is 5. The third-order valence-electron chi connectivity index (χ3n) is 2.88. The lowest BCUT2D eigenvalue weighted by Gasteiger charge is -2.33. The van der Waals surface area contributed by atoms with Gasteiger partial charge in [-0.3, -0.25) is 0 Å². The number of quaternary nitrogens is 1. The summed E-state index contributed by atoms with van der Waals surface area (Å²) in [6, 6.07) is 1.28. The zero-order valence-electron chi connectivity index (χ0n) is 10.9. The van der Waals surface area contributed by atoms with Crippen molar-refractivity contribution in [1.82, 2.24) is 0 Å². The van der Waals surface area contributed by atoms with Crippen molar-refractivity contribution >= 4 is 6.01 Å². The van der Waals surface area contributed by atoms with E-state index in [2.05, 4.69) is 18.8 Å². The second-order valence-corrected chi connectivity index (χ2v) is 4.15. The fraction of sp³-hybridized carbons (Fsp3) is 0.833. The maximum atomic E-state index is 7.43. The van der Waals surface area contributed by atoms with Crippen LogP contribution < -0.4 is 0 Å². The summed E-state index contributed by atoms with van der Waals surface area (Å²) in [5.74, 6) is 0. The van der Waals surface area contributed by atoms with Gasteiger partial charge in [0.05, 0.1) is 25.8 Å². The topological polar surface area (TPSA) is 67.7 Å². The Morgan fingerprint density at radius 2 is 2.00 bits per heavy atom. The average Bonchev–Trinajstić information content (AvgIpc) is 2.78. The molecular weight excluding hydrogens is 216 g/mol. The highest BCUT2D eigenvalue weighted by atomic mass is 16.5. The van der Waals surface area contributed by atoms with Gasteiger partial charge in [-0.1, -0.05) is 6.92 Å². The van der Waals surface area contributed by atoms with Crippen LogP contribution in [0, 0.1) is 11.5 Å². The van der Waals surface area contributed by atoms with E-state index >= 15 is 0 Å². The summed E-state index contributed by atoms with van der Waals surface area (Å²) in [7, 11) is 0. The van der Waals surface area contributed by atoms with Crippen LogP contribution in [0.4, 0.5) is 0 Å². The fourth-order valence-electron chi connectivity index (χ4n) is 2.21. The van der Waals surface area contributed by atoms with Gasteiger partial charge in [-0.05, 0) is 13.3 Å². The van der Waals surface area contributed by atoms with Gasteiger partial charge in [-0.15, -0.1) is 6.01 Å². The number of hydrogen-bond donors (Lipinski definition) is 0. The predicted molar refractivity (Wildman–Crippen MR) is 67.3 cm³/mol. The van der Waals surface area contributed by atoms with E-state index in [-0.39, 0.29) is 0 Å².